The molecule has 0 bridgehead atoms. The number of halogens is 3. The molecule has 0 aliphatic rings. The number of aryl methyl sites for hydroxylation is 1. The van der Waals surface area contributed by atoms with Crippen LogP contribution in [0.15, 0.2) is 66.7 Å². The molecular formula is C28H34F3NO2. The number of fused-ring (bicyclic) bond motifs is 1. The third-order valence-electron chi connectivity index (χ3n) is 5.04. The average molecular weight is 474 g/mol. The maximum atomic E-state index is 13.0. The maximum absolute atomic E-state index is 13.0. The fourth-order valence-corrected chi connectivity index (χ4v) is 3.57. The Bertz CT molecular complexity index is 1070. The maximum Gasteiger partial charge on any atom is 0.416 e. The second-order valence-corrected chi connectivity index (χ2v) is 8.84. The largest absolute Gasteiger partial charge is 0.444 e. The van der Waals surface area contributed by atoms with Crippen LogP contribution in [0.2, 0.25) is 0 Å². The molecule has 3 nitrogen and oxygen atoms in total. The lowest BCUT2D eigenvalue weighted by atomic mass is 10.0. The summed E-state index contributed by atoms with van der Waals surface area (Å²) in [5.41, 5.74) is 0.284. The Balaban J connectivity index is 0.00000199. The van der Waals surface area contributed by atoms with Crippen molar-refractivity contribution in [2.45, 2.75) is 65.8 Å². The van der Waals surface area contributed by atoms with E-state index in [0.717, 1.165) is 22.4 Å². The molecule has 3 rings (SSSR count). The Hall–Kier alpha value is -3.02. The number of carbonyl (C=O) groups is 1. The number of ether oxygens (including phenoxy) is 1. The topological polar surface area (TPSA) is 29.5 Å². The highest BCUT2D eigenvalue weighted by atomic mass is 19.4. The van der Waals surface area contributed by atoms with Gasteiger partial charge in [0.05, 0.1) is 5.56 Å². The summed E-state index contributed by atoms with van der Waals surface area (Å²) in [5.74, 6) is 0. The van der Waals surface area contributed by atoms with E-state index in [9.17, 15) is 18.0 Å². The van der Waals surface area contributed by atoms with E-state index >= 15 is 0 Å². The highest BCUT2D eigenvalue weighted by Gasteiger charge is 2.30. The zero-order valence-corrected chi connectivity index (χ0v) is 20.6. The van der Waals surface area contributed by atoms with Crippen LogP contribution in [-0.2, 0) is 23.9 Å². The molecule has 0 heterocycles. The van der Waals surface area contributed by atoms with E-state index in [4.69, 9.17) is 4.74 Å². The number of hydrogen-bond acceptors (Lipinski definition) is 2. The Kier molecular flexibility index (Phi) is 9.54. The van der Waals surface area contributed by atoms with Gasteiger partial charge < -0.3 is 9.64 Å². The van der Waals surface area contributed by atoms with Crippen LogP contribution < -0.4 is 0 Å². The fourth-order valence-electron chi connectivity index (χ4n) is 3.57. The quantitative estimate of drug-likeness (QED) is 0.361. The molecule has 34 heavy (non-hydrogen) atoms. The number of alkyl halides is 3. The predicted molar refractivity (Wildman–Crippen MR) is 132 cm³/mol. The number of amides is 1. The van der Waals surface area contributed by atoms with Gasteiger partial charge in [-0.05, 0) is 61.6 Å². The van der Waals surface area contributed by atoms with Gasteiger partial charge in [-0.3, -0.25) is 0 Å². The van der Waals surface area contributed by atoms with Gasteiger partial charge in [0.25, 0.3) is 0 Å². The minimum atomic E-state index is -4.37. The highest BCUT2D eigenvalue weighted by Crippen LogP contribution is 2.30. The summed E-state index contributed by atoms with van der Waals surface area (Å²) in [4.78, 5) is 14.5. The summed E-state index contributed by atoms with van der Waals surface area (Å²) in [6, 6.07) is 19.2. The van der Waals surface area contributed by atoms with Gasteiger partial charge in [-0.2, -0.15) is 13.2 Å². The smallest absolute Gasteiger partial charge is 0.416 e. The van der Waals surface area contributed by atoms with E-state index in [1.165, 1.54) is 12.1 Å². The van der Waals surface area contributed by atoms with E-state index in [0.29, 0.717) is 31.5 Å². The van der Waals surface area contributed by atoms with E-state index in [2.05, 4.69) is 0 Å². The zero-order valence-electron chi connectivity index (χ0n) is 20.6. The molecule has 0 radical (unpaired) electrons. The van der Waals surface area contributed by atoms with Gasteiger partial charge in [-0.25, -0.2) is 4.79 Å². The minimum absolute atomic E-state index is 0.360. The van der Waals surface area contributed by atoms with Crippen molar-refractivity contribution in [1.82, 2.24) is 4.90 Å². The average Bonchev–Trinajstić information content (AvgIpc) is 2.78. The van der Waals surface area contributed by atoms with Crippen molar-refractivity contribution in [2.24, 2.45) is 0 Å². The van der Waals surface area contributed by atoms with Crippen LogP contribution in [0.4, 0.5) is 18.0 Å². The first-order valence-corrected chi connectivity index (χ1v) is 11.6. The van der Waals surface area contributed by atoms with E-state index in [1.807, 2.05) is 77.1 Å². The van der Waals surface area contributed by atoms with Crippen molar-refractivity contribution in [2.75, 3.05) is 6.54 Å². The number of rotatable bonds is 6. The van der Waals surface area contributed by atoms with Crippen LogP contribution in [0.3, 0.4) is 0 Å². The summed E-state index contributed by atoms with van der Waals surface area (Å²) in [6.45, 7) is 10.2. The third-order valence-corrected chi connectivity index (χ3v) is 5.04. The molecular weight excluding hydrogens is 439 g/mol. The lowest BCUT2D eigenvalue weighted by Gasteiger charge is -2.28. The van der Waals surface area contributed by atoms with Gasteiger partial charge >= 0.3 is 12.3 Å². The summed E-state index contributed by atoms with van der Waals surface area (Å²) < 4.78 is 44.5. The molecule has 0 saturated heterocycles. The molecule has 6 heteroatoms. The predicted octanol–water partition coefficient (Wildman–Crippen LogP) is 8.25. The lowest BCUT2D eigenvalue weighted by molar-refractivity contribution is -0.137. The highest BCUT2D eigenvalue weighted by molar-refractivity contribution is 5.86. The van der Waals surface area contributed by atoms with Gasteiger partial charge in [0, 0.05) is 13.1 Å². The van der Waals surface area contributed by atoms with E-state index in [-0.39, 0.29) is 0 Å². The van der Waals surface area contributed by atoms with Gasteiger partial charge in [0.1, 0.15) is 5.60 Å². The standard InChI is InChI=1S/C26H28F3NO2.C2H6/c1-25(2,3)32-24(31)30(18-21-13-7-12-20-11-4-5-15-23(20)21)16-8-10-19-9-6-14-22(17-19)26(27,28)29;1-2/h4-7,9,11-15,17H,8,10,16,18H2,1-3H3;1-2H3. The number of nitrogens with zero attached hydrogens (tertiary/aromatic N) is 1. The van der Waals surface area contributed by atoms with Gasteiger partial charge in [0.2, 0.25) is 0 Å². The second kappa shape index (κ2) is 11.9. The molecule has 0 aromatic heterocycles. The molecule has 3 aromatic rings. The van der Waals surface area contributed by atoms with Crippen LogP contribution in [0.5, 0.6) is 0 Å². The Morgan fingerprint density at radius 2 is 1.56 bits per heavy atom. The van der Waals surface area contributed by atoms with Crippen molar-refractivity contribution < 1.29 is 22.7 Å². The van der Waals surface area contributed by atoms with Crippen LogP contribution >= 0.6 is 0 Å². The van der Waals surface area contributed by atoms with Crippen LogP contribution in [0.1, 0.15) is 57.7 Å². The van der Waals surface area contributed by atoms with Crippen LogP contribution in [-0.4, -0.2) is 23.1 Å². The molecule has 0 atom stereocenters. The third kappa shape index (κ3) is 8.08. The van der Waals surface area contributed by atoms with Crippen molar-refractivity contribution in [1.29, 1.82) is 0 Å². The normalized spacial score (nSPS) is 11.5. The monoisotopic (exact) mass is 473 g/mol. The molecule has 0 N–H and O–H groups in total. The number of carbonyl (C=O) groups excluding carboxylic acids is 1. The molecule has 0 saturated carbocycles. The Morgan fingerprint density at radius 3 is 2.24 bits per heavy atom. The molecule has 0 spiro atoms. The minimum Gasteiger partial charge on any atom is -0.444 e. The molecule has 3 aromatic carbocycles. The molecule has 0 aliphatic heterocycles. The first kappa shape index (κ1) is 27.2. The molecule has 0 aliphatic carbocycles. The Labute approximate surface area is 200 Å². The molecule has 1 amide bonds. The van der Waals surface area contributed by atoms with Gasteiger partial charge in [-0.1, -0.05) is 74.5 Å². The summed E-state index contributed by atoms with van der Waals surface area (Å²) in [5, 5.41) is 2.14. The van der Waals surface area contributed by atoms with Crippen LogP contribution in [0, 0.1) is 0 Å². The first-order valence-electron chi connectivity index (χ1n) is 11.6. The molecule has 184 valence electrons. The number of benzene rings is 3. The number of hydrogen-bond donors (Lipinski definition) is 0. The van der Waals surface area contributed by atoms with Crippen molar-refractivity contribution >= 4 is 16.9 Å². The van der Waals surface area contributed by atoms with Crippen LogP contribution in [0.25, 0.3) is 10.8 Å². The van der Waals surface area contributed by atoms with E-state index < -0.39 is 23.4 Å². The first-order chi connectivity index (χ1) is 16.0. The van der Waals surface area contributed by atoms with Crippen molar-refractivity contribution in [3.8, 4) is 0 Å². The SMILES string of the molecule is CC.CC(C)(C)OC(=O)N(CCCc1cccc(C(F)(F)F)c1)Cc1cccc2ccccc12. The lowest BCUT2D eigenvalue weighted by Crippen LogP contribution is -2.37. The summed E-state index contributed by atoms with van der Waals surface area (Å²) in [6.07, 6.45) is -3.86. The zero-order chi connectivity index (χ0) is 25.4. The van der Waals surface area contributed by atoms with Crippen molar-refractivity contribution in [3.05, 3.63) is 83.4 Å². The summed E-state index contributed by atoms with van der Waals surface area (Å²) >= 11 is 0. The van der Waals surface area contributed by atoms with Gasteiger partial charge in [0.15, 0.2) is 0 Å². The molecule has 0 fully saturated rings. The molecule has 0 unspecified atom stereocenters. The van der Waals surface area contributed by atoms with E-state index in [1.54, 1.807) is 11.0 Å². The Morgan fingerprint density at radius 1 is 0.912 bits per heavy atom. The second-order valence-electron chi connectivity index (χ2n) is 8.84. The fraction of sp³-hybridized carbons (Fsp3) is 0.393. The van der Waals surface area contributed by atoms with Gasteiger partial charge in [-0.15, -0.1) is 0 Å². The summed E-state index contributed by atoms with van der Waals surface area (Å²) in [7, 11) is 0. The van der Waals surface area contributed by atoms with Crippen molar-refractivity contribution in [3.63, 3.8) is 0 Å².